The molecule has 0 radical (unpaired) electrons. The topological polar surface area (TPSA) is 39.2 Å². The van der Waals surface area contributed by atoms with Gasteiger partial charge in [0.05, 0.1) is 17.5 Å². The van der Waals surface area contributed by atoms with Gasteiger partial charge in [0.15, 0.2) is 0 Å². The average Bonchev–Trinajstić information content (AvgIpc) is 2.78. The normalized spacial score (nSPS) is 12.7. The average molecular weight is 240 g/mol. The molecule has 84 valence electrons. The first-order valence-corrected chi connectivity index (χ1v) is 5.27. The Balaban J connectivity index is 2.18. The Morgan fingerprint density at radius 2 is 2.19 bits per heavy atom. The Labute approximate surface area is 97.8 Å². The minimum atomic E-state index is -0.400. The third kappa shape index (κ3) is 2.26. The summed E-state index contributed by atoms with van der Waals surface area (Å²) in [7, 11) is 0. The lowest BCUT2D eigenvalue weighted by atomic mass is 10.0. The molecule has 2 N–H and O–H groups in total. The Hall–Kier alpha value is -1.32. The SMILES string of the molecule is NC(Cc1cccc(Cl)c1F)c1ccoc1. The van der Waals surface area contributed by atoms with E-state index in [-0.39, 0.29) is 11.1 Å². The highest BCUT2D eigenvalue weighted by Crippen LogP contribution is 2.22. The van der Waals surface area contributed by atoms with E-state index in [0.717, 1.165) is 5.56 Å². The van der Waals surface area contributed by atoms with E-state index in [2.05, 4.69) is 0 Å². The highest BCUT2D eigenvalue weighted by Gasteiger charge is 2.12. The van der Waals surface area contributed by atoms with Crippen LogP contribution in [0.3, 0.4) is 0 Å². The molecule has 2 nitrogen and oxygen atoms in total. The monoisotopic (exact) mass is 239 g/mol. The smallest absolute Gasteiger partial charge is 0.145 e. The molecule has 1 unspecified atom stereocenters. The van der Waals surface area contributed by atoms with Crippen molar-refractivity contribution in [3.8, 4) is 0 Å². The van der Waals surface area contributed by atoms with Crippen LogP contribution in [0.15, 0.2) is 41.2 Å². The Morgan fingerprint density at radius 1 is 1.38 bits per heavy atom. The largest absolute Gasteiger partial charge is 0.472 e. The standard InChI is InChI=1S/C12H11ClFNO/c13-10-3-1-2-8(12(10)14)6-11(15)9-4-5-16-7-9/h1-5,7,11H,6,15H2. The highest BCUT2D eigenvalue weighted by atomic mass is 35.5. The predicted octanol–water partition coefficient (Wildman–Crippen LogP) is 3.31. The van der Waals surface area contributed by atoms with Crippen molar-refractivity contribution in [1.29, 1.82) is 0 Å². The number of nitrogens with two attached hydrogens (primary N) is 1. The van der Waals surface area contributed by atoms with E-state index in [4.69, 9.17) is 21.8 Å². The van der Waals surface area contributed by atoms with Crippen LogP contribution in [0.1, 0.15) is 17.2 Å². The van der Waals surface area contributed by atoms with Crippen molar-refractivity contribution in [1.82, 2.24) is 0 Å². The van der Waals surface area contributed by atoms with Gasteiger partial charge in [0.1, 0.15) is 5.82 Å². The molecule has 0 aliphatic heterocycles. The lowest BCUT2D eigenvalue weighted by molar-refractivity contribution is 0.555. The summed E-state index contributed by atoms with van der Waals surface area (Å²) in [5.74, 6) is -0.400. The molecule has 0 spiro atoms. The van der Waals surface area contributed by atoms with E-state index >= 15 is 0 Å². The summed E-state index contributed by atoms with van der Waals surface area (Å²) in [6.07, 6.45) is 3.50. The second-order valence-corrected chi connectivity index (χ2v) is 3.99. The van der Waals surface area contributed by atoms with Gasteiger partial charge in [-0.25, -0.2) is 4.39 Å². The number of halogens is 2. The Kier molecular flexibility index (Phi) is 3.27. The minimum absolute atomic E-state index is 0.122. The van der Waals surface area contributed by atoms with E-state index in [1.807, 2.05) is 0 Å². The van der Waals surface area contributed by atoms with Crippen LogP contribution in [0.2, 0.25) is 5.02 Å². The highest BCUT2D eigenvalue weighted by molar-refractivity contribution is 6.30. The van der Waals surface area contributed by atoms with Crippen molar-refractivity contribution in [2.75, 3.05) is 0 Å². The Morgan fingerprint density at radius 3 is 2.88 bits per heavy atom. The Bertz CT molecular complexity index is 470. The number of hydrogen-bond acceptors (Lipinski definition) is 2. The van der Waals surface area contributed by atoms with Crippen LogP contribution in [0.25, 0.3) is 0 Å². The summed E-state index contributed by atoms with van der Waals surface area (Å²) in [5, 5.41) is 0.122. The molecule has 16 heavy (non-hydrogen) atoms. The molecule has 0 saturated carbocycles. The fourth-order valence-electron chi connectivity index (χ4n) is 1.55. The van der Waals surface area contributed by atoms with E-state index in [1.54, 1.807) is 30.7 Å². The van der Waals surface area contributed by atoms with E-state index < -0.39 is 5.82 Å². The van der Waals surface area contributed by atoms with Crippen molar-refractivity contribution in [3.63, 3.8) is 0 Å². The lowest BCUT2D eigenvalue weighted by Crippen LogP contribution is -2.13. The fourth-order valence-corrected chi connectivity index (χ4v) is 1.74. The molecule has 1 aromatic carbocycles. The van der Waals surface area contributed by atoms with Gasteiger partial charge in [0.25, 0.3) is 0 Å². The number of hydrogen-bond donors (Lipinski definition) is 1. The first-order chi connectivity index (χ1) is 7.68. The third-order valence-electron chi connectivity index (χ3n) is 2.44. The molecule has 1 heterocycles. The molecule has 2 aromatic rings. The summed E-state index contributed by atoms with van der Waals surface area (Å²) in [6, 6.07) is 6.40. The van der Waals surface area contributed by atoms with Gasteiger partial charge in [-0.15, -0.1) is 0 Å². The van der Waals surface area contributed by atoms with Gasteiger partial charge in [-0.1, -0.05) is 23.7 Å². The van der Waals surface area contributed by atoms with Gasteiger partial charge in [-0.3, -0.25) is 0 Å². The molecular formula is C12H11ClFNO. The first kappa shape index (κ1) is 11.2. The van der Waals surface area contributed by atoms with Gasteiger partial charge in [0, 0.05) is 11.6 Å². The summed E-state index contributed by atoms with van der Waals surface area (Å²) in [6.45, 7) is 0. The van der Waals surface area contributed by atoms with Gasteiger partial charge >= 0.3 is 0 Å². The van der Waals surface area contributed by atoms with Crippen LogP contribution in [-0.4, -0.2) is 0 Å². The van der Waals surface area contributed by atoms with Crippen molar-refractivity contribution in [3.05, 3.63) is 58.8 Å². The van der Waals surface area contributed by atoms with Gasteiger partial charge in [-0.2, -0.15) is 0 Å². The van der Waals surface area contributed by atoms with Crippen molar-refractivity contribution in [2.45, 2.75) is 12.5 Å². The molecular weight excluding hydrogens is 229 g/mol. The van der Waals surface area contributed by atoms with Crippen LogP contribution < -0.4 is 5.73 Å². The molecule has 0 bridgehead atoms. The summed E-state index contributed by atoms with van der Waals surface area (Å²) < 4.78 is 18.5. The molecule has 0 amide bonds. The first-order valence-electron chi connectivity index (χ1n) is 4.89. The number of rotatable bonds is 3. The van der Waals surface area contributed by atoms with Crippen LogP contribution in [0.5, 0.6) is 0 Å². The molecule has 1 aromatic heterocycles. The molecule has 0 fully saturated rings. The van der Waals surface area contributed by atoms with Crippen molar-refractivity contribution < 1.29 is 8.81 Å². The summed E-state index contributed by atoms with van der Waals surface area (Å²) >= 11 is 5.69. The quantitative estimate of drug-likeness (QED) is 0.893. The molecule has 0 aliphatic rings. The summed E-state index contributed by atoms with van der Waals surface area (Å²) in [5.41, 5.74) is 7.28. The molecule has 0 aliphatic carbocycles. The van der Waals surface area contributed by atoms with Gasteiger partial charge in [-0.05, 0) is 24.1 Å². The van der Waals surface area contributed by atoms with E-state index in [0.29, 0.717) is 12.0 Å². The second kappa shape index (κ2) is 4.68. The van der Waals surface area contributed by atoms with Crippen LogP contribution in [0.4, 0.5) is 4.39 Å². The van der Waals surface area contributed by atoms with Crippen LogP contribution in [0, 0.1) is 5.82 Å². The predicted molar refractivity (Wildman–Crippen MR) is 60.8 cm³/mol. The molecule has 0 saturated heterocycles. The fraction of sp³-hybridized carbons (Fsp3) is 0.167. The maximum Gasteiger partial charge on any atom is 0.145 e. The molecule has 2 rings (SSSR count). The van der Waals surface area contributed by atoms with Gasteiger partial charge < -0.3 is 10.2 Å². The number of furan rings is 1. The maximum absolute atomic E-state index is 13.6. The van der Waals surface area contributed by atoms with Crippen molar-refractivity contribution >= 4 is 11.6 Å². The van der Waals surface area contributed by atoms with Gasteiger partial charge in [0.2, 0.25) is 0 Å². The molecule has 1 atom stereocenters. The zero-order valence-electron chi connectivity index (χ0n) is 8.49. The maximum atomic E-state index is 13.6. The van der Waals surface area contributed by atoms with E-state index in [9.17, 15) is 4.39 Å². The zero-order valence-corrected chi connectivity index (χ0v) is 9.25. The number of benzene rings is 1. The van der Waals surface area contributed by atoms with E-state index in [1.165, 1.54) is 6.07 Å². The summed E-state index contributed by atoms with van der Waals surface area (Å²) in [4.78, 5) is 0. The second-order valence-electron chi connectivity index (χ2n) is 3.58. The minimum Gasteiger partial charge on any atom is -0.472 e. The molecule has 4 heteroatoms. The van der Waals surface area contributed by atoms with Crippen molar-refractivity contribution in [2.24, 2.45) is 5.73 Å². The third-order valence-corrected chi connectivity index (χ3v) is 2.73. The van der Waals surface area contributed by atoms with Crippen LogP contribution >= 0.6 is 11.6 Å². The lowest BCUT2D eigenvalue weighted by Gasteiger charge is -2.10. The zero-order chi connectivity index (χ0) is 11.5. The van der Waals surface area contributed by atoms with Crippen LogP contribution in [-0.2, 0) is 6.42 Å².